The normalized spacial score (nSPS) is 10.2. The molecule has 0 saturated heterocycles. The van der Waals surface area contributed by atoms with Gasteiger partial charge in [0.1, 0.15) is 23.5 Å². The number of methoxy groups -OCH3 is 2. The number of hydrogen-bond acceptors (Lipinski definition) is 7. The van der Waals surface area contributed by atoms with Crippen LogP contribution < -0.4 is 25.8 Å². The largest absolute Gasteiger partial charge is 0.497 e. The summed E-state index contributed by atoms with van der Waals surface area (Å²) >= 11 is 0. The Kier molecular flexibility index (Phi) is 5.38. The fourth-order valence-electron chi connectivity index (χ4n) is 2.44. The highest BCUT2D eigenvalue weighted by Gasteiger charge is 2.10. The highest BCUT2D eigenvalue weighted by molar-refractivity contribution is 5.79. The summed E-state index contributed by atoms with van der Waals surface area (Å²) in [7, 11) is 3.26. The molecule has 4 N–H and O–H groups in total. The number of anilines is 4. The van der Waals surface area contributed by atoms with E-state index in [4.69, 9.17) is 15.2 Å². The molecule has 0 aliphatic rings. The first kappa shape index (κ1) is 17.3. The summed E-state index contributed by atoms with van der Waals surface area (Å²) in [6, 6.07) is 15.4. The van der Waals surface area contributed by atoms with Gasteiger partial charge in [0.2, 0.25) is 0 Å². The van der Waals surface area contributed by atoms with Crippen molar-refractivity contribution in [2.75, 3.05) is 30.6 Å². The average Bonchev–Trinajstić information content (AvgIpc) is 2.69. The van der Waals surface area contributed by atoms with Gasteiger partial charge in [-0.2, -0.15) is 0 Å². The van der Waals surface area contributed by atoms with Gasteiger partial charge in [0.15, 0.2) is 11.6 Å². The molecule has 0 fully saturated rings. The molecule has 0 spiro atoms. The molecule has 3 aromatic rings. The topological polar surface area (TPSA) is 94.3 Å². The van der Waals surface area contributed by atoms with Crippen LogP contribution in [0.1, 0.15) is 5.56 Å². The van der Waals surface area contributed by atoms with E-state index in [1.54, 1.807) is 14.2 Å². The maximum absolute atomic E-state index is 6.22. The van der Waals surface area contributed by atoms with E-state index in [-0.39, 0.29) is 0 Å². The molecule has 0 atom stereocenters. The van der Waals surface area contributed by atoms with Gasteiger partial charge in [0.25, 0.3) is 0 Å². The number of ether oxygens (including phenoxy) is 2. The Morgan fingerprint density at radius 3 is 2.38 bits per heavy atom. The van der Waals surface area contributed by atoms with Gasteiger partial charge in [0, 0.05) is 6.54 Å². The van der Waals surface area contributed by atoms with E-state index in [0.717, 1.165) is 17.0 Å². The van der Waals surface area contributed by atoms with Gasteiger partial charge in [-0.3, -0.25) is 0 Å². The summed E-state index contributed by atoms with van der Waals surface area (Å²) in [6.07, 6.45) is 1.46. The standard InChI is InChI=1S/C19H21N5O2/c1-25-14-9-7-13(8-10-14)11-21-18-17(20)19(23-12-22-18)24-15-5-3-4-6-16(15)26-2/h3-10,12H,11,20H2,1-2H3,(H2,21,22,23,24). The molecule has 0 aliphatic heterocycles. The van der Waals surface area contributed by atoms with Crippen LogP contribution in [0.25, 0.3) is 0 Å². The number of hydrogen-bond donors (Lipinski definition) is 3. The van der Waals surface area contributed by atoms with Crippen molar-refractivity contribution in [3.05, 3.63) is 60.4 Å². The van der Waals surface area contributed by atoms with E-state index >= 15 is 0 Å². The van der Waals surface area contributed by atoms with Crippen molar-refractivity contribution in [3.63, 3.8) is 0 Å². The molecule has 0 radical (unpaired) electrons. The molecular weight excluding hydrogens is 330 g/mol. The Balaban J connectivity index is 1.74. The van der Waals surface area contributed by atoms with Gasteiger partial charge < -0.3 is 25.8 Å². The van der Waals surface area contributed by atoms with E-state index in [9.17, 15) is 0 Å². The number of nitrogen functional groups attached to an aromatic ring is 1. The molecule has 1 aromatic heterocycles. The predicted octanol–water partition coefficient (Wildman–Crippen LogP) is 3.43. The van der Waals surface area contributed by atoms with Gasteiger partial charge in [-0.25, -0.2) is 9.97 Å². The average molecular weight is 351 g/mol. The molecule has 0 unspecified atom stereocenters. The van der Waals surface area contributed by atoms with Crippen LogP contribution in [0, 0.1) is 0 Å². The van der Waals surface area contributed by atoms with Crippen LogP contribution in [0.5, 0.6) is 11.5 Å². The monoisotopic (exact) mass is 351 g/mol. The maximum atomic E-state index is 6.22. The van der Waals surface area contributed by atoms with Crippen molar-refractivity contribution < 1.29 is 9.47 Å². The lowest BCUT2D eigenvalue weighted by Crippen LogP contribution is -2.08. The van der Waals surface area contributed by atoms with E-state index in [1.165, 1.54) is 6.33 Å². The van der Waals surface area contributed by atoms with Gasteiger partial charge in [0.05, 0.1) is 19.9 Å². The first-order valence-electron chi connectivity index (χ1n) is 8.08. The Labute approximate surface area is 152 Å². The highest BCUT2D eigenvalue weighted by Crippen LogP contribution is 2.30. The van der Waals surface area contributed by atoms with Crippen molar-refractivity contribution in [1.29, 1.82) is 0 Å². The first-order chi connectivity index (χ1) is 12.7. The minimum Gasteiger partial charge on any atom is -0.497 e. The predicted molar refractivity (Wildman–Crippen MR) is 103 cm³/mol. The number of benzene rings is 2. The van der Waals surface area contributed by atoms with Crippen LogP contribution in [0.2, 0.25) is 0 Å². The summed E-state index contributed by atoms with van der Waals surface area (Å²) in [6.45, 7) is 0.583. The molecular formula is C19H21N5O2. The fourth-order valence-corrected chi connectivity index (χ4v) is 2.44. The molecule has 1 heterocycles. The molecule has 134 valence electrons. The van der Waals surface area contributed by atoms with Crippen LogP contribution in [0.15, 0.2) is 54.9 Å². The second-order valence-corrected chi connectivity index (χ2v) is 5.51. The van der Waals surface area contributed by atoms with Crippen molar-refractivity contribution in [2.24, 2.45) is 0 Å². The number of nitrogens with one attached hydrogen (secondary N) is 2. The third-order valence-electron chi connectivity index (χ3n) is 3.86. The molecule has 2 aromatic carbocycles. The zero-order chi connectivity index (χ0) is 18.4. The van der Waals surface area contributed by atoms with Crippen LogP contribution >= 0.6 is 0 Å². The SMILES string of the molecule is COc1ccc(CNc2ncnc(Nc3ccccc3OC)c2N)cc1. The molecule has 0 amide bonds. The number of nitrogens with two attached hydrogens (primary N) is 1. The van der Waals surface area contributed by atoms with E-state index < -0.39 is 0 Å². The third-order valence-corrected chi connectivity index (χ3v) is 3.86. The Morgan fingerprint density at radius 2 is 1.65 bits per heavy atom. The van der Waals surface area contributed by atoms with Crippen LogP contribution in [0.3, 0.4) is 0 Å². The van der Waals surface area contributed by atoms with Gasteiger partial charge in [-0.1, -0.05) is 24.3 Å². The Bertz CT molecular complexity index is 868. The van der Waals surface area contributed by atoms with Crippen LogP contribution in [0.4, 0.5) is 23.0 Å². The number of para-hydroxylation sites is 2. The van der Waals surface area contributed by atoms with Gasteiger partial charge in [-0.05, 0) is 29.8 Å². The second-order valence-electron chi connectivity index (χ2n) is 5.51. The van der Waals surface area contributed by atoms with E-state index in [0.29, 0.717) is 29.6 Å². The minimum atomic E-state index is 0.437. The molecule has 0 bridgehead atoms. The summed E-state index contributed by atoms with van der Waals surface area (Å²) < 4.78 is 10.5. The molecule has 3 rings (SSSR count). The van der Waals surface area contributed by atoms with Crippen LogP contribution in [-0.2, 0) is 6.54 Å². The highest BCUT2D eigenvalue weighted by atomic mass is 16.5. The van der Waals surface area contributed by atoms with Gasteiger partial charge in [-0.15, -0.1) is 0 Å². The zero-order valence-electron chi connectivity index (χ0n) is 14.7. The summed E-state index contributed by atoms with van der Waals surface area (Å²) in [5, 5.41) is 6.42. The van der Waals surface area contributed by atoms with Crippen molar-refractivity contribution in [2.45, 2.75) is 6.54 Å². The molecule has 7 nitrogen and oxygen atoms in total. The Morgan fingerprint density at radius 1 is 0.923 bits per heavy atom. The lowest BCUT2D eigenvalue weighted by atomic mass is 10.2. The summed E-state index contributed by atoms with van der Waals surface area (Å²) in [5.74, 6) is 2.60. The fraction of sp³-hybridized carbons (Fsp3) is 0.158. The zero-order valence-corrected chi connectivity index (χ0v) is 14.7. The van der Waals surface area contributed by atoms with E-state index in [1.807, 2.05) is 48.5 Å². The lowest BCUT2D eigenvalue weighted by molar-refractivity contribution is 0.414. The minimum absolute atomic E-state index is 0.437. The van der Waals surface area contributed by atoms with Crippen molar-refractivity contribution in [3.8, 4) is 11.5 Å². The summed E-state index contributed by atoms with van der Waals surface area (Å²) in [5.41, 5.74) is 8.52. The first-order valence-corrected chi connectivity index (χ1v) is 8.08. The molecule has 0 aliphatic carbocycles. The van der Waals surface area contributed by atoms with Crippen molar-refractivity contribution >= 4 is 23.0 Å². The number of nitrogens with zero attached hydrogens (tertiary/aromatic N) is 2. The number of aromatic nitrogens is 2. The van der Waals surface area contributed by atoms with Crippen molar-refractivity contribution in [1.82, 2.24) is 9.97 Å². The molecule has 7 heteroatoms. The number of rotatable bonds is 7. The van der Waals surface area contributed by atoms with Gasteiger partial charge >= 0.3 is 0 Å². The Hall–Kier alpha value is -3.48. The maximum Gasteiger partial charge on any atom is 0.159 e. The molecule has 26 heavy (non-hydrogen) atoms. The second kappa shape index (κ2) is 8.06. The quantitative estimate of drug-likeness (QED) is 0.600. The van der Waals surface area contributed by atoms with E-state index in [2.05, 4.69) is 20.6 Å². The summed E-state index contributed by atoms with van der Waals surface area (Å²) in [4.78, 5) is 8.46. The lowest BCUT2D eigenvalue weighted by Gasteiger charge is -2.14. The smallest absolute Gasteiger partial charge is 0.159 e. The molecule has 0 saturated carbocycles. The third kappa shape index (κ3) is 3.94. The van der Waals surface area contributed by atoms with Crippen LogP contribution in [-0.4, -0.2) is 24.2 Å².